The topological polar surface area (TPSA) is 48.4 Å². The first kappa shape index (κ1) is 15.3. The number of esters is 1. The number of aromatic nitrogens is 1. The number of nitrogens with zero attached hydrogens (tertiary/aromatic N) is 1. The van der Waals surface area contributed by atoms with Gasteiger partial charge in [0.15, 0.2) is 6.10 Å². The Hall–Kier alpha value is -2.07. The van der Waals surface area contributed by atoms with E-state index in [2.05, 4.69) is 4.98 Å². The normalized spacial score (nSPS) is 11.8. The average molecular weight is 306 g/mol. The van der Waals surface area contributed by atoms with Crippen LogP contribution in [0.15, 0.2) is 42.6 Å². The molecule has 110 valence electrons. The number of carbonyl (C=O) groups excluding carboxylic acids is 1. The zero-order valence-electron chi connectivity index (χ0n) is 11.9. The van der Waals surface area contributed by atoms with Gasteiger partial charge in [0.05, 0.1) is 0 Å². The van der Waals surface area contributed by atoms with Gasteiger partial charge >= 0.3 is 5.97 Å². The van der Waals surface area contributed by atoms with Crippen LogP contribution in [0.5, 0.6) is 5.75 Å². The molecule has 0 bridgehead atoms. The van der Waals surface area contributed by atoms with Crippen LogP contribution in [-0.2, 0) is 16.1 Å². The van der Waals surface area contributed by atoms with Crippen LogP contribution < -0.4 is 4.74 Å². The Morgan fingerprint density at radius 1 is 1.33 bits per heavy atom. The number of hydrogen-bond donors (Lipinski definition) is 0. The van der Waals surface area contributed by atoms with E-state index in [0.717, 1.165) is 11.1 Å². The summed E-state index contributed by atoms with van der Waals surface area (Å²) in [5, 5.41) is 0.404. The first-order valence-corrected chi connectivity index (χ1v) is 6.93. The third-order valence-electron chi connectivity index (χ3n) is 2.80. The molecule has 0 radical (unpaired) electrons. The van der Waals surface area contributed by atoms with Crippen LogP contribution in [-0.4, -0.2) is 17.1 Å². The van der Waals surface area contributed by atoms with Crippen LogP contribution >= 0.6 is 11.6 Å². The highest BCUT2D eigenvalue weighted by molar-refractivity contribution is 6.29. The van der Waals surface area contributed by atoms with Crippen molar-refractivity contribution < 1.29 is 14.3 Å². The summed E-state index contributed by atoms with van der Waals surface area (Å²) < 4.78 is 10.7. The van der Waals surface area contributed by atoms with Gasteiger partial charge in [-0.1, -0.05) is 29.8 Å². The van der Waals surface area contributed by atoms with E-state index in [9.17, 15) is 4.79 Å². The summed E-state index contributed by atoms with van der Waals surface area (Å²) in [5.74, 6) is 0.221. The molecule has 2 rings (SSSR count). The zero-order chi connectivity index (χ0) is 15.2. The lowest BCUT2D eigenvalue weighted by Gasteiger charge is -2.14. The van der Waals surface area contributed by atoms with Gasteiger partial charge in [-0.25, -0.2) is 9.78 Å². The number of halogens is 1. The van der Waals surface area contributed by atoms with Crippen molar-refractivity contribution in [1.82, 2.24) is 4.98 Å². The van der Waals surface area contributed by atoms with Gasteiger partial charge in [-0.05, 0) is 37.6 Å². The average Bonchev–Trinajstić information content (AvgIpc) is 2.46. The second-order valence-electron chi connectivity index (χ2n) is 4.67. The van der Waals surface area contributed by atoms with Gasteiger partial charge in [0.25, 0.3) is 0 Å². The fourth-order valence-electron chi connectivity index (χ4n) is 1.70. The molecule has 2 aromatic rings. The van der Waals surface area contributed by atoms with E-state index in [1.165, 1.54) is 0 Å². The van der Waals surface area contributed by atoms with E-state index in [-0.39, 0.29) is 6.61 Å². The van der Waals surface area contributed by atoms with Crippen LogP contribution in [0.2, 0.25) is 5.15 Å². The zero-order valence-corrected chi connectivity index (χ0v) is 12.6. The van der Waals surface area contributed by atoms with Crippen molar-refractivity contribution in [2.75, 3.05) is 0 Å². The second kappa shape index (κ2) is 7.09. The third-order valence-corrected chi connectivity index (χ3v) is 3.03. The highest BCUT2D eigenvalue weighted by Crippen LogP contribution is 2.15. The quantitative estimate of drug-likeness (QED) is 0.626. The molecular weight excluding hydrogens is 290 g/mol. The molecule has 0 aliphatic rings. The smallest absolute Gasteiger partial charge is 0.347 e. The maximum atomic E-state index is 11.9. The summed E-state index contributed by atoms with van der Waals surface area (Å²) in [5.41, 5.74) is 1.84. The molecule has 0 saturated carbocycles. The molecule has 0 aliphatic carbocycles. The van der Waals surface area contributed by atoms with Crippen molar-refractivity contribution in [2.45, 2.75) is 26.6 Å². The van der Waals surface area contributed by atoms with Gasteiger partial charge in [0.1, 0.15) is 17.5 Å². The highest BCUT2D eigenvalue weighted by Gasteiger charge is 2.16. The molecule has 1 atom stereocenters. The number of pyridine rings is 1. The minimum absolute atomic E-state index is 0.143. The van der Waals surface area contributed by atoms with Gasteiger partial charge in [-0.2, -0.15) is 0 Å². The molecule has 0 fully saturated rings. The first-order valence-electron chi connectivity index (χ1n) is 6.55. The number of ether oxygens (including phenoxy) is 2. The summed E-state index contributed by atoms with van der Waals surface area (Å²) in [6, 6.07) is 10.9. The van der Waals surface area contributed by atoms with Gasteiger partial charge in [-0.15, -0.1) is 0 Å². The lowest BCUT2D eigenvalue weighted by Crippen LogP contribution is -2.26. The van der Waals surface area contributed by atoms with Crippen molar-refractivity contribution in [1.29, 1.82) is 0 Å². The number of aryl methyl sites for hydroxylation is 1. The minimum atomic E-state index is -0.674. The first-order chi connectivity index (χ1) is 10.0. The summed E-state index contributed by atoms with van der Waals surface area (Å²) >= 11 is 5.69. The summed E-state index contributed by atoms with van der Waals surface area (Å²) in [6.45, 7) is 3.76. The van der Waals surface area contributed by atoms with Gasteiger partial charge < -0.3 is 9.47 Å². The Kier molecular flexibility index (Phi) is 5.17. The minimum Gasteiger partial charge on any atom is -0.479 e. The van der Waals surface area contributed by atoms with Crippen molar-refractivity contribution in [3.63, 3.8) is 0 Å². The van der Waals surface area contributed by atoms with E-state index < -0.39 is 12.1 Å². The van der Waals surface area contributed by atoms with Crippen molar-refractivity contribution in [3.05, 3.63) is 58.9 Å². The molecule has 0 aliphatic heterocycles. The van der Waals surface area contributed by atoms with Crippen LogP contribution in [0.1, 0.15) is 18.1 Å². The number of benzene rings is 1. The van der Waals surface area contributed by atoms with Crippen LogP contribution in [0.4, 0.5) is 0 Å². The molecule has 4 nitrogen and oxygen atoms in total. The molecule has 0 saturated heterocycles. The van der Waals surface area contributed by atoms with Crippen molar-refractivity contribution in [3.8, 4) is 5.75 Å². The molecule has 1 heterocycles. The third kappa shape index (κ3) is 4.76. The largest absolute Gasteiger partial charge is 0.479 e. The van der Waals surface area contributed by atoms with Crippen molar-refractivity contribution >= 4 is 17.6 Å². The van der Waals surface area contributed by atoms with Crippen molar-refractivity contribution in [2.24, 2.45) is 0 Å². The van der Waals surface area contributed by atoms with E-state index >= 15 is 0 Å². The standard InChI is InChI=1S/C16H16ClNO3/c1-11-4-3-5-14(8-11)21-12(2)16(19)20-10-13-6-7-15(17)18-9-13/h3-9,12H,10H2,1-2H3. The maximum Gasteiger partial charge on any atom is 0.347 e. The predicted molar refractivity (Wildman–Crippen MR) is 80.3 cm³/mol. The highest BCUT2D eigenvalue weighted by atomic mass is 35.5. The number of carbonyl (C=O) groups is 1. The summed E-state index contributed by atoms with van der Waals surface area (Å²) in [6.07, 6.45) is 0.897. The maximum absolute atomic E-state index is 11.9. The van der Waals surface area contributed by atoms with E-state index in [4.69, 9.17) is 21.1 Å². The predicted octanol–water partition coefficient (Wildman–Crippen LogP) is 3.55. The molecule has 0 spiro atoms. The van der Waals surface area contributed by atoms with E-state index in [1.54, 1.807) is 31.3 Å². The van der Waals surface area contributed by atoms with Gasteiger partial charge in [0, 0.05) is 11.8 Å². The lowest BCUT2D eigenvalue weighted by molar-refractivity contribution is -0.152. The Bertz CT molecular complexity index is 613. The molecule has 0 N–H and O–H groups in total. The van der Waals surface area contributed by atoms with Crippen LogP contribution in [0.25, 0.3) is 0 Å². The summed E-state index contributed by atoms with van der Waals surface area (Å²) in [4.78, 5) is 15.8. The molecule has 0 amide bonds. The van der Waals surface area contributed by atoms with Gasteiger partial charge in [-0.3, -0.25) is 0 Å². The molecule has 21 heavy (non-hydrogen) atoms. The molecular formula is C16H16ClNO3. The van der Waals surface area contributed by atoms with Crippen LogP contribution in [0.3, 0.4) is 0 Å². The molecule has 5 heteroatoms. The SMILES string of the molecule is Cc1cccc(OC(C)C(=O)OCc2ccc(Cl)nc2)c1. The van der Waals surface area contributed by atoms with E-state index in [0.29, 0.717) is 10.9 Å². The monoisotopic (exact) mass is 305 g/mol. The Labute approximate surface area is 128 Å². The molecule has 1 aromatic heterocycles. The second-order valence-corrected chi connectivity index (χ2v) is 5.06. The number of rotatable bonds is 5. The lowest BCUT2D eigenvalue weighted by atomic mass is 10.2. The van der Waals surface area contributed by atoms with Gasteiger partial charge in [0.2, 0.25) is 0 Å². The fraction of sp³-hybridized carbons (Fsp3) is 0.250. The van der Waals surface area contributed by atoms with Crippen LogP contribution in [0, 0.1) is 6.92 Å². The number of hydrogen-bond acceptors (Lipinski definition) is 4. The molecule has 1 unspecified atom stereocenters. The Morgan fingerprint density at radius 3 is 2.81 bits per heavy atom. The van der Waals surface area contributed by atoms with E-state index in [1.807, 2.05) is 25.1 Å². The Morgan fingerprint density at radius 2 is 2.14 bits per heavy atom. The Balaban J connectivity index is 1.86. The molecule has 1 aromatic carbocycles. The fourth-order valence-corrected chi connectivity index (χ4v) is 1.82. The summed E-state index contributed by atoms with van der Waals surface area (Å²) in [7, 11) is 0.